The van der Waals surface area contributed by atoms with Gasteiger partial charge in [0.25, 0.3) is 0 Å². The molecular weight excluding hydrogens is 276 g/mol. The largest absolute Gasteiger partial charge is 0.494 e. The van der Waals surface area contributed by atoms with Gasteiger partial charge in [0.15, 0.2) is 0 Å². The van der Waals surface area contributed by atoms with Gasteiger partial charge >= 0.3 is 5.63 Å². The van der Waals surface area contributed by atoms with Crippen LogP contribution < -0.4 is 5.63 Å². The Hall–Kier alpha value is -2.81. The molecule has 0 saturated carbocycles. The van der Waals surface area contributed by atoms with Gasteiger partial charge in [-0.25, -0.2) is 4.79 Å². The summed E-state index contributed by atoms with van der Waals surface area (Å²) in [5.74, 6) is 0.990. The van der Waals surface area contributed by atoms with Crippen LogP contribution in [-0.2, 0) is 4.74 Å². The van der Waals surface area contributed by atoms with E-state index in [0.29, 0.717) is 23.5 Å². The Morgan fingerprint density at radius 2 is 1.68 bits per heavy atom. The number of hydrogen-bond donors (Lipinski definition) is 0. The molecular formula is C19H16O3. The van der Waals surface area contributed by atoms with Crippen LogP contribution in [0.15, 0.2) is 70.4 Å². The summed E-state index contributed by atoms with van der Waals surface area (Å²) < 4.78 is 11.2. The fourth-order valence-corrected chi connectivity index (χ4v) is 2.52. The van der Waals surface area contributed by atoms with Crippen molar-refractivity contribution in [3.8, 4) is 11.3 Å². The lowest BCUT2D eigenvalue weighted by molar-refractivity contribution is 0.298. The molecule has 3 aromatic rings. The molecule has 0 radical (unpaired) electrons. The Labute approximate surface area is 128 Å². The summed E-state index contributed by atoms with van der Waals surface area (Å²) in [7, 11) is 0. The monoisotopic (exact) mass is 292 g/mol. The number of benzene rings is 2. The van der Waals surface area contributed by atoms with Crippen molar-refractivity contribution in [2.24, 2.45) is 0 Å². The van der Waals surface area contributed by atoms with E-state index in [4.69, 9.17) is 9.15 Å². The van der Waals surface area contributed by atoms with Crippen LogP contribution in [0, 0.1) is 0 Å². The highest BCUT2D eigenvalue weighted by atomic mass is 16.5. The van der Waals surface area contributed by atoms with Gasteiger partial charge in [0.2, 0.25) is 0 Å². The zero-order valence-corrected chi connectivity index (χ0v) is 12.3. The molecule has 1 heterocycles. The Bertz CT molecular complexity index is 876. The van der Waals surface area contributed by atoms with Crippen molar-refractivity contribution < 1.29 is 9.15 Å². The van der Waals surface area contributed by atoms with Gasteiger partial charge < -0.3 is 9.15 Å². The lowest BCUT2D eigenvalue weighted by Gasteiger charge is -2.14. The summed E-state index contributed by atoms with van der Waals surface area (Å²) in [4.78, 5) is 12.3. The summed E-state index contributed by atoms with van der Waals surface area (Å²) >= 11 is 0. The molecule has 0 aliphatic carbocycles. The molecule has 22 heavy (non-hydrogen) atoms. The Morgan fingerprint density at radius 3 is 2.36 bits per heavy atom. The van der Waals surface area contributed by atoms with Crippen molar-refractivity contribution >= 4 is 16.5 Å². The third-order valence-electron chi connectivity index (χ3n) is 3.47. The zero-order valence-electron chi connectivity index (χ0n) is 12.3. The normalized spacial score (nSPS) is 10.6. The van der Waals surface area contributed by atoms with Crippen molar-refractivity contribution in [1.29, 1.82) is 0 Å². The van der Waals surface area contributed by atoms with E-state index < -0.39 is 0 Å². The minimum Gasteiger partial charge on any atom is -0.494 e. The van der Waals surface area contributed by atoms with Crippen LogP contribution in [0.3, 0.4) is 0 Å². The van der Waals surface area contributed by atoms with E-state index in [1.54, 1.807) is 6.07 Å². The first-order valence-corrected chi connectivity index (χ1v) is 7.15. The van der Waals surface area contributed by atoms with E-state index >= 15 is 0 Å². The molecule has 0 aliphatic heterocycles. The molecule has 110 valence electrons. The van der Waals surface area contributed by atoms with Gasteiger partial charge in [-0.15, -0.1) is 0 Å². The van der Waals surface area contributed by atoms with Gasteiger partial charge in [0, 0.05) is 10.9 Å². The number of ether oxygens (including phenoxy) is 1. The maximum absolute atomic E-state index is 12.3. The predicted molar refractivity (Wildman–Crippen MR) is 88.6 cm³/mol. The first-order chi connectivity index (χ1) is 10.7. The Kier molecular flexibility index (Phi) is 3.79. The molecule has 2 aromatic carbocycles. The van der Waals surface area contributed by atoms with E-state index in [-0.39, 0.29) is 5.63 Å². The minimum absolute atomic E-state index is 0.359. The van der Waals surface area contributed by atoms with Crippen LogP contribution in [0.2, 0.25) is 0 Å². The summed E-state index contributed by atoms with van der Waals surface area (Å²) in [6.07, 6.45) is 0. The second-order valence-electron chi connectivity index (χ2n) is 4.86. The molecule has 0 spiro atoms. The number of fused-ring (bicyclic) bond motifs is 1. The Balaban J connectivity index is 2.38. The predicted octanol–water partition coefficient (Wildman–Crippen LogP) is 4.47. The van der Waals surface area contributed by atoms with Gasteiger partial charge in [-0.05, 0) is 13.0 Å². The standard InChI is InChI=1S/C19H16O3/c1-3-21-13(2)17-15-11-7-8-12-16(15)19(20)22-18(17)14-9-5-4-6-10-14/h4-12H,2-3H2,1H3. The maximum atomic E-state index is 12.3. The molecule has 0 unspecified atom stereocenters. The van der Waals surface area contributed by atoms with Crippen LogP contribution in [0.1, 0.15) is 12.5 Å². The maximum Gasteiger partial charge on any atom is 0.344 e. The van der Waals surface area contributed by atoms with Crippen molar-refractivity contribution in [1.82, 2.24) is 0 Å². The van der Waals surface area contributed by atoms with Gasteiger partial charge in [0.1, 0.15) is 11.5 Å². The highest BCUT2D eigenvalue weighted by Crippen LogP contribution is 2.33. The molecule has 3 rings (SSSR count). The first-order valence-electron chi connectivity index (χ1n) is 7.15. The van der Waals surface area contributed by atoms with Gasteiger partial charge in [-0.2, -0.15) is 0 Å². The highest BCUT2D eigenvalue weighted by Gasteiger charge is 2.18. The molecule has 0 fully saturated rings. The number of rotatable bonds is 4. The third-order valence-corrected chi connectivity index (χ3v) is 3.47. The molecule has 0 aliphatic rings. The molecule has 0 saturated heterocycles. The lowest BCUT2D eigenvalue weighted by atomic mass is 10.0. The molecule has 0 N–H and O–H groups in total. The van der Waals surface area contributed by atoms with Crippen LogP contribution in [0.25, 0.3) is 27.9 Å². The second-order valence-corrected chi connectivity index (χ2v) is 4.86. The van der Waals surface area contributed by atoms with Crippen molar-refractivity contribution in [2.75, 3.05) is 6.61 Å². The van der Waals surface area contributed by atoms with E-state index in [0.717, 1.165) is 16.5 Å². The van der Waals surface area contributed by atoms with Crippen LogP contribution in [0.5, 0.6) is 0 Å². The van der Waals surface area contributed by atoms with Crippen molar-refractivity contribution in [3.63, 3.8) is 0 Å². The fourth-order valence-electron chi connectivity index (χ4n) is 2.52. The average molecular weight is 292 g/mol. The topological polar surface area (TPSA) is 39.4 Å². The van der Waals surface area contributed by atoms with Crippen molar-refractivity contribution in [2.45, 2.75) is 6.92 Å². The van der Waals surface area contributed by atoms with Crippen LogP contribution >= 0.6 is 0 Å². The molecule has 3 nitrogen and oxygen atoms in total. The van der Waals surface area contributed by atoms with E-state index in [2.05, 4.69) is 6.58 Å². The molecule has 0 bridgehead atoms. The molecule has 1 aromatic heterocycles. The van der Waals surface area contributed by atoms with E-state index in [9.17, 15) is 4.79 Å². The van der Waals surface area contributed by atoms with Crippen LogP contribution in [-0.4, -0.2) is 6.61 Å². The van der Waals surface area contributed by atoms with Crippen LogP contribution in [0.4, 0.5) is 0 Å². The van der Waals surface area contributed by atoms with E-state index in [1.807, 2.05) is 55.5 Å². The lowest BCUT2D eigenvalue weighted by Crippen LogP contribution is -2.05. The quantitative estimate of drug-likeness (QED) is 0.666. The minimum atomic E-state index is -0.359. The highest BCUT2D eigenvalue weighted by molar-refractivity contribution is 5.96. The summed E-state index contributed by atoms with van der Waals surface area (Å²) in [5.41, 5.74) is 1.19. The summed E-state index contributed by atoms with van der Waals surface area (Å²) in [6, 6.07) is 16.9. The smallest absolute Gasteiger partial charge is 0.344 e. The molecule has 0 atom stereocenters. The average Bonchev–Trinajstić information content (AvgIpc) is 2.56. The van der Waals surface area contributed by atoms with Gasteiger partial charge in [-0.1, -0.05) is 55.1 Å². The Morgan fingerprint density at radius 1 is 1.05 bits per heavy atom. The first kappa shape index (κ1) is 14.1. The summed E-state index contributed by atoms with van der Waals surface area (Å²) in [5, 5.41) is 1.31. The molecule has 0 amide bonds. The number of hydrogen-bond acceptors (Lipinski definition) is 3. The fraction of sp³-hybridized carbons (Fsp3) is 0.105. The molecule has 3 heteroatoms. The summed E-state index contributed by atoms with van der Waals surface area (Å²) in [6.45, 7) is 6.39. The SMILES string of the molecule is C=C(OCC)c1c(-c2ccccc2)oc(=O)c2ccccc12. The van der Waals surface area contributed by atoms with E-state index in [1.165, 1.54) is 0 Å². The third kappa shape index (κ3) is 2.42. The van der Waals surface area contributed by atoms with Gasteiger partial charge in [0.05, 0.1) is 17.6 Å². The second kappa shape index (κ2) is 5.90. The van der Waals surface area contributed by atoms with Crippen molar-refractivity contribution in [3.05, 3.63) is 77.2 Å². The zero-order chi connectivity index (χ0) is 15.5. The van der Waals surface area contributed by atoms with Gasteiger partial charge in [-0.3, -0.25) is 0 Å².